The molecule has 4 nitrogen and oxygen atoms in total. The molecule has 0 saturated heterocycles. The van der Waals surface area contributed by atoms with Gasteiger partial charge >= 0.3 is 0 Å². The lowest BCUT2D eigenvalue weighted by molar-refractivity contribution is 0.932. The summed E-state index contributed by atoms with van der Waals surface area (Å²) in [7, 11) is 0. The Labute approximate surface area is 144 Å². The van der Waals surface area contributed by atoms with Crippen LogP contribution in [0.2, 0.25) is 5.15 Å². The van der Waals surface area contributed by atoms with Crippen molar-refractivity contribution in [3.63, 3.8) is 0 Å². The lowest BCUT2D eigenvalue weighted by Gasteiger charge is -2.08. The van der Waals surface area contributed by atoms with Crippen molar-refractivity contribution in [3.8, 4) is 0 Å². The number of hydrogen-bond donors (Lipinski definition) is 1. The Kier molecular flexibility index (Phi) is 3.77. The predicted octanol–water partition coefficient (Wildman–Crippen LogP) is 4.79. The van der Waals surface area contributed by atoms with Gasteiger partial charge in [-0.15, -0.1) is 5.10 Å². The molecule has 4 rings (SSSR count). The molecular formula is C17H17ClN4S. The normalized spacial score (nSPS) is 14.6. The van der Waals surface area contributed by atoms with Crippen LogP contribution in [0.3, 0.4) is 0 Å². The monoisotopic (exact) mass is 344 g/mol. The number of aromatic nitrogens is 4. The third kappa shape index (κ3) is 2.95. The molecule has 3 aromatic rings. The number of H-pyrrole nitrogens is 1. The zero-order valence-electron chi connectivity index (χ0n) is 13.1. The first-order chi connectivity index (χ1) is 11.1. The molecule has 0 unspecified atom stereocenters. The summed E-state index contributed by atoms with van der Waals surface area (Å²) >= 11 is 7.98. The van der Waals surface area contributed by atoms with Crippen LogP contribution in [-0.2, 0) is 5.75 Å². The maximum Gasteiger partial charge on any atom is 0.208 e. The van der Waals surface area contributed by atoms with Crippen molar-refractivity contribution >= 4 is 34.3 Å². The Balaban J connectivity index is 1.58. The maximum absolute atomic E-state index is 6.39. The Hall–Kier alpha value is -1.59. The first kappa shape index (κ1) is 15.0. The second kappa shape index (κ2) is 5.80. The van der Waals surface area contributed by atoms with E-state index < -0.39 is 0 Å². The summed E-state index contributed by atoms with van der Waals surface area (Å²) in [5, 5.41) is 9.78. The minimum absolute atomic E-state index is 0.566. The molecule has 1 fully saturated rings. The van der Waals surface area contributed by atoms with Gasteiger partial charge in [-0.2, -0.15) is 0 Å². The highest BCUT2D eigenvalue weighted by molar-refractivity contribution is 7.98. The van der Waals surface area contributed by atoms with Crippen LogP contribution in [0.15, 0.2) is 23.4 Å². The highest BCUT2D eigenvalue weighted by Gasteiger charge is 2.27. The molecule has 0 radical (unpaired) electrons. The lowest BCUT2D eigenvalue weighted by atomic mass is 10.0. The molecule has 1 aliphatic carbocycles. The summed E-state index contributed by atoms with van der Waals surface area (Å²) in [5.74, 6) is 2.33. The van der Waals surface area contributed by atoms with Crippen LogP contribution in [0.5, 0.6) is 0 Å². The van der Waals surface area contributed by atoms with Crippen LogP contribution in [0.1, 0.15) is 41.3 Å². The fourth-order valence-corrected chi connectivity index (χ4v) is 3.67. The van der Waals surface area contributed by atoms with Gasteiger partial charge in [0.25, 0.3) is 0 Å². The average molecular weight is 345 g/mol. The Morgan fingerprint density at radius 1 is 1.26 bits per heavy atom. The van der Waals surface area contributed by atoms with Gasteiger partial charge in [0.2, 0.25) is 5.16 Å². The van der Waals surface area contributed by atoms with E-state index in [0.29, 0.717) is 11.1 Å². The minimum Gasteiger partial charge on any atom is -0.262 e. The number of hydrogen-bond acceptors (Lipinski definition) is 4. The average Bonchev–Trinajstić information content (AvgIpc) is 3.29. The second-order valence-corrected chi connectivity index (χ2v) is 7.38. The molecule has 1 aliphatic rings. The maximum atomic E-state index is 6.39. The van der Waals surface area contributed by atoms with Crippen LogP contribution in [0.4, 0.5) is 0 Å². The van der Waals surface area contributed by atoms with Gasteiger partial charge in [-0.05, 0) is 43.9 Å². The predicted molar refractivity (Wildman–Crippen MR) is 94.1 cm³/mol. The zero-order chi connectivity index (χ0) is 16.0. The summed E-state index contributed by atoms with van der Waals surface area (Å²) in [4.78, 5) is 9.13. The minimum atomic E-state index is 0.566. The fourth-order valence-electron chi connectivity index (χ4n) is 2.61. The number of thioether (sulfide) groups is 1. The number of halogens is 1. The number of nitrogens with one attached hydrogen (secondary N) is 1. The van der Waals surface area contributed by atoms with Gasteiger partial charge in [0, 0.05) is 22.6 Å². The van der Waals surface area contributed by atoms with Crippen LogP contribution in [0, 0.1) is 13.8 Å². The molecule has 1 aromatic carbocycles. The van der Waals surface area contributed by atoms with Crippen molar-refractivity contribution in [1.82, 2.24) is 20.2 Å². The Bertz CT molecular complexity index is 886. The highest BCUT2D eigenvalue weighted by Crippen LogP contribution is 2.38. The number of benzene rings is 1. The number of aryl methyl sites for hydroxylation is 2. The molecule has 6 heteroatoms. The van der Waals surface area contributed by atoms with Crippen LogP contribution in [0.25, 0.3) is 10.9 Å². The highest BCUT2D eigenvalue weighted by atomic mass is 35.5. The second-order valence-electron chi connectivity index (χ2n) is 6.08. The molecule has 0 bridgehead atoms. The molecule has 118 valence electrons. The Morgan fingerprint density at radius 2 is 2.09 bits per heavy atom. The number of rotatable bonds is 4. The summed E-state index contributed by atoms with van der Waals surface area (Å²) in [6.07, 6.45) is 2.44. The topological polar surface area (TPSA) is 54.5 Å². The van der Waals surface area contributed by atoms with E-state index in [2.05, 4.69) is 52.2 Å². The first-order valence-corrected chi connectivity index (χ1v) is 9.08. The largest absolute Gasteiger partial charge is 0.262 e. The van der Waals surface area contributed by atoms with E-state index in [9.17, 15) is 0 Å². The lowest BCUT2D eigenvalue weighted by Crippen LogP contribution is -1.93. The summed E-state index contributed by atoms with van der Waals surface area (Å²) in [5.41, 5.74) is 4.42. The Morgan fingerprint density at radius 3 is 2.87 bits per heavy atom. The van der Waals surface area contributed by atoms with Gasteiger partial charge in [-0.1, -0.05) is 35.5 Å². The van der Waals surface area contributed by atoms with E-state index >= 15 is 0 Å². The van der Waals surface area contributed by atoms with Gasteiger partial charge in [0.05, 0.1) is 5.52 Å². The molecule has 23 heavy (non-hydrogen) atoms. The fraction of sp³-hybridized carbons (Fsp3) is 0.353. The van der Waals surface area contributed by atoms with E-state index in [0.717, 1.165) is 33.2 Å². The SMILES string of the molecule is Cc1ccc2cc(CSc3n[nH]c(C4CC4)n3)c(Cl)nc2c1C. The van der Waals surface area contributed by atoms with Gasteiger partial charge in [0.15, 0.2) is 0 Å². The molecule has 1 N–H and O–H groups in total. The van der Waals surface area contributed by atoms with E-state index in [1.807, 2.05) is 0 Å². The zero-order valence-corrected chi connectivity index (χ0v) is 14.6. The van der Waals surface area contributed by atoms with Crippen molar-refractivity contribution in [2.75, 3.05) is 0 Å². The third-order valence-corrected chi connectivity index (χ3v) is 5.56. The van der Waals surface area contributed by atoms with E-state index in [-0.39, 0.29) is 0 Å². The number of nitrogens with zero attached hydrogens (tertiary/aromatic N) is 3. The smallest absolute Gasteiger partial charge is 0.208 e. The van der Waals surface area contributed by atoms with Gasteiger partial charge in [-0.3, -0.25) is 5.10 Å². The molecule has 0 amide bonds. The van der Waals surface area contributed by atoms with Gasteiger partial charge < -0.3 is 0 Å². The third-order valence-electron chi connectivity index (χ3n) is 4.34. The van der Waals surface area contributed by atoms with E-state index in [1.165, 1.54) is 24.0 Å². The number of aromatic amines is 1. The van der Waals surface area contributed by atoms with Crippen molar-refractivity contribution in [1.29, 1.82) is 0 Å². The molecule has 2 aromatic heterocycles. The molecule has 0 spiro atoms. The van der Waals surface area contributed by atoms with Crippen LogP contribution < -0.4 is 0 Å². The van der Waals surface area contributed by atoms with E-state index in [1.54, 1.807) is 11.8 Å². The number of pyridine rings is 1. The van der Waals surface area contributed by atoms with Crippen molar-refractivity contribution in [2.24, 2.45) is 0 Å². The molecule has 0 aliphatic heterocycles. The van der Waals surface area contributed by atoms with E-state index in [4.69, 9.17) is 11.6 Å². The van der Waals surface area contributed by atoms with Crippen LogP contribution in [-0.4, -0.2) is 20.2 Å². The molecule has 0 atom stereocenters. The first-order valence-electron chi connectivity index (χ1n) is 7.72. The summed E-state index contributed by atoms with van der Waals surface area (Å²) < 4.78 is 0. The quantitative estimate of drug-likeness (QED) is 0.546. The van der Waals surface area contributed by atoms with Gasteiger partial charge in [0.1, 0.15) is 11.0 Å². The standard InChI is InChI=1S/C17H17ClN4S/c1-9-3-4-12-7-13(15(18)19-14(12)10(9)2)8-23-17-20-16(21-22-17)11-5-6-11/h3-4,7,11H,5-6,8H2,1-2H3,(H,20,21,22). The number of fused-ring (bicyclic) bond motifs is 1. The van der Waals surface area contributed by atoms with Crippen molar-refractivity contribution < 1.29 is 0 Å². The van der Waals surface area contributed by atoms with Gasteiger partial charge in [-0.25, -0.2) is 9.97 Å². The van der Waals surface area contributed by atoms with Crippen molar-refractivity contribution in [3.05, 3.63) is 45.9 Å². The van der Waals surface area contributed by atoms with Crippen molar-refractivity contribution in [2.45, 2.75) is 43.5 Å². The molecular weight excluding hydrogens is 328 g/mol. The van der Waals surface area contributed by atoms with Crippen LogP contribution >= 0.6 is 23.4 Å². The summed E-state index contributed by atoms with van der Waals surface area (Å²) in [6, 6.07) is 6.35. The molecule has 2 heterocycles. The molecule has 1 saturated carbocycles. The summed E-state index contributed by atoms with van der Waals surface area (Å²) in [6.45, 7) is 4.18.